The summed E-state index contributed by atoms with van der Waals surface area (Å²) in [6.07, 6.45) is 2.65. The topological polar surface area (TPSA) is 38.5 Å². The maximum absolute atomic E-state index is 6.04. The van der Waals surface area contributed by atoms with E-state index in [0.717, 1.165) is 26.3 Å². The van der Waals surface area contributed by atoms with Gasteiger partial charge in [0.15, 0.2) is 0 Å². The molecule has 15 heavy (non-hydrogen) atoms. The van der Waals surface area contributed by atoms with E-state index in [1.54, 1.807) is 0 Å². The minimum atomic E-state index is 0.163. The van der Waals surface area contributed by atoms with Gasteiger partial charge in [0.05, 0.1) is 13.2 Å². The van der Waals surface area contributed by atoms with Crippen LogP contribution in [0.5, 0.6) is 0 Å². The van der Waals surface area contributed by atoms with Crippen molar-refractivity contribution in [2.75, 3.05) is 26.3 Å². The van der Waals surface area contributed by atoms with Crippen molar-refractivity contribution in [3.05, 3.63) is 0 Å². The standard InChI is InChI=1S/C12H24N2O/c1-10-8-15-7-6-14(10)12(3,9-13)11(2)4-5-11/h10H,4-9,13H2,1-3H3. The van der Waals surface area contributed by atoms with E-state index >= 15 is 0 Å². The lowest BCUT2D eigenvalue weighted by Gasteiger charge is -2.50. The van der Waals surface area contributed by atoms with Crippen LogP contribution in [0.4, 0.5) is 0 Å². The fourth-order valence-corrected chi connectivity index (χ4v) is 2.90. The lowest BCUT2D eigenvalue weighted by molar-refractivity contribution is -0.0733. The van der Waals surface area contributed by atoms with Crippen molar-refractivity contribution in [3.63, 3.8) is 0 Å². The molecule has 2 rings (SSSR count). The van der Waals surface area contributed by atoms with E-state index in [1.165, 1.54) is 12.8 Å². The third-order valence-corrected chi connectivity index (χ3v) is 4.70. The number of rotatable bonds is 3. The van der Waals surface area contributed by atoms with Crippen molar-refractivity contribution < 1.29 is 4.74 Å². The molecule has 2 atom stereocenters. The van der Waals surface area contributed by atoms with Crippen LogP contribution in [0.1, 0.15) is 33.6 Å². The van der Waals surface area contributed by atoms with Gasteiger partial charge in [-0.2, -0.15) is 0 Å². The molecule has 2 aliphatic rings. The Balaban J connectivity index is 2.17. The third-order valence-electron chi connectivity index (χ3n) is 4.70. The van der Waals surface area contributed by atoms with Gasteiger partial charge in [-0.25, -0.2) is 0 Å². The predicted molar refractivity (Wildman–Crippen MR) is 61.8 cm³/mol. The number of hydrogen-bond acceptors (Lipinski definition) is 3. The van der Waals surface area contributed by atoms with Gasteiger partial charge in [0.1, 0.15) is 0 Å². The summed E-state index contributed by atoms with van der Waals surface area (Å²) in [5.74, 6) is 0. The van der Waals surface area contributed by atoms with Gasteiger partial charge in [0.2, 0.25) is 0 Å². The molecule has 0 amide bonds. The third kappa shape index (κ3) is 1.71. The highest BCUT2D eigenvalue weighted by atomic mass is 16.5. The van der Waals surface area contributed by atoms with Gasteiger partial charge >= 0.3 is 0 Å². The lowest BCUT2D eigenvalue weighted by Crippen LogP contribution is -2.63. The number of nitrogens with two attached hydrogens (primary N) is 1. The summed E-state index contributed by atoms with van der Waals surface area (Å²) in [6, 6.07) is 0.504. The second-order valence-corrected chi connectivity index (χ2v) is 5.66. The van der Waals surface area contributed by atoms with E-state index in [2.05, 4.69) is 25.7 Å². The zero-order chi connectivity index (χ0) is 11.1. The number of morpholine rings is 1. The lowest BCUT2D eigenvalue weighted by atomic mass is 9.81. The smallest absolute Gasteiger partial charge is 0.0620 e. The summed E-state index contributed by atoms with van der Waals surface area (Å²) in [4.78, 5) is 2.57. The molecule has 88 valence electrons. The Bertz CT molecular complexity index is 240. The Labute approximate surface area is 93.0 Å². The van der Waals surface area contributed by atoms with Crippen molar-refractivity contribution in [2.45, 2.75) is 45.2 Å². The fourth-order valence-electron chi connectivity index (χ4n) is 2.90. The first kappa shape index (κ1) is 11.4. The normalized spacial score (nSPS) is 34.8. The maximum Gasteiger partial charge on any atom is 0.0620 e. The van der Waals surface area contributed by atoms with Crippen LogP contribution in [0.3, 0.4) is 0 Å². The minimum Gasteiger partial charge on any atom is -0.379 e. The summed E-state index contributed by atoms with van der Waals surface area (Å²) in [5, 5.41) is 0. The van der Waals surface area contributed by atoms with Crippen LogP contribution < -0.4 is 5.73 Å². The van der Waals surface area contributed by atoms with Gasteiger partial charge in [0, 0.05) is 24.7 Å². The second-order valence-electron chi connectivity index (χ2n) is 5.66. The van der Waals surface area contributed by atoms with Crippen LogP contribution in [0.2, 0.25) is 0 Å². The summed E-state index contributed by atoms with van der Waals surface area (Å²) in [7, 11) is 0. The van der Waals surface area contributed by atoms with Gasteiger partial charge in [-0.05, 0) is 32.1 Å². The molecule has 0 aromatic rings. The molecule has 0 spiro atoms. The Hall–Kier alpha value is -0.120. The van der Waals surface area contributed by atoms with Crippen LogP contribution in [0.25, 0.3) is 0 Å². The molecular weight excluding hydrogens is 188 g/mol. The summed E-state index contributed by atoms with van der Waals surface area (Å²) >= 11 is 0. The first-order chi connectivity index (χ1) is 7.03. The van der Waals surface area contributed by atoms with Crippen LogP contribution in [0, 0.1) is 5.41 Å². The Morgan fingerprint density at radius 1 is 1.53 bits per heavy atom. The zero-order valence-corrected chi connectivity index (χ0v) is 10.3. The number of hydrogen-bond donors (Lipinski definition) is 1. The Morgan fingerprint density at radius 3 is 2.67 bits per heavy atom. The first-order valence-electron chi connectivity index (χ1n) is 6.08. The van der Waals surface area contributed by atoms with Crippen LogP contribution >= 0.6 is 0 Å². The van der Waals surface area contributed by atoms with Crippen molar-refractivity contribution >= 4 is 0 Å². The molecule has 0 radical (unpaired) electrons. The monoisotopic (exact) mass is 212 g/mol. The molecule has 2 unspecified atom stereocenters. The number of ether oxygens (including phenoxy) is 1. The van der Waals surface area contributed by atoms with Crippen molar-refractivity contribution in [1.82, 2.24) is 4.90 Å². The number of nitrogens with zero attached hydrogens (tertiary/aromatic N) is 1. The summed E-state index contributed by atoms with van der Waals surface area (Å²) in [5.41, 5.74) is 6.64. The molecular formula is C12H24N2O. The van der Waals surface area contributed by atoms with E-state index in [4.69, 9.17) is 10.5 Å². The van der Waals surface area contributed by atoms with Crippen molar-refractivity contribution in [1.29, 1.82) is 0 Å². The molecule has 1 saturated carbocycles. The van der Waals surface area contributed by atoms with E-state index in [1.807, 2.05) is 0 Å². The Morgan fingerprint density at radius 2 is 2.20 bits per heavy atom. The van der Waals surface area contributed by atoms with Crippen molar-refractivity contribution in [3.8, 4) is 0 Å². The zero-order valence-electron chi connectivity index (χ0n) is 10.3. The molecule has 2 N–H and O–H groups in total. The highest BCUT2D eigenvalue weighted by molar-refractivity contribution is 5.10. The van der Waals surface area contributed by atoms with Gasteiger partial charge in [-0.1, -0.05) is 6.92 Å². The quantitative estimate of drug-likeness (QED) is 0.764. The average molecular weight is 212 g/mol. The molecule has 1 heterocycles. The highest BCUT2D eigenvalue weighted by Crippen LogP contribution is 2.56. The summed E-state index contributed by atoms with van der Waals surface area (Å²) < 4.78 is 5.50. The largest absolute Gasteiger partial charge is 0.379 e. The summed E-state index contributed by atoms with van der Waals surface area (Å²) in [6.45, 7) is 10.5. The van der Waals surface area contributed by atoms with Crippen molar-refractivity contribution in [2.24, 2.45) is 11.1 Å². The molecule has 1 aliphatic heterocycles. The Kier molecular flexibility index (Phi) is 2.82. The van der Waals surface area contributed by atoms with E-state index < -0.39 is 0 Å². The van der Waals surface area contributed by atoms with Gasteiger partial charge in [0.25, 0.3) is 0 Å². The van der Waals surface area contributed by atoms with E-state index in [0.29, 0.717) is 11.5 Å². The molecule has 0 aromatic carbocycles. The molecule has 0 aromatic heterocycles. The van der Waals surface area contributed by atoms with Crippen LogP contribution in [-0.2, 0) is 4.74 Å². The molecule has 3 heteroatoms. The van der Waals surface area contributed by atoms with Crippen LogP contribution in [0.15, 0.2) is 0 Å². The maximum atomic E-state index is 6.04. The van der Waals surface area contributed by atoms with Crippen LogP contribution in [-0.4, -0.2) is 42.8 Å². The molecule has 1 aliphatic carbocycles. The predicted octanol–water partition coefficient (Wildman–Crippen LogP) is 1.22. The fraction of sp³-hybridized carbons (Fsp3) is 1.00. The van der Waals surface area contributed by atoms with Gasteiger partial charge in [-0.3, -0.25) is 4.90 Å². The van der Waals surface area contributed by atoms with E-state index in [-0.39, 0.29) is 5.54 Å². The average Bonchev–Trinajstić information content (AvgIpc) is 2.98. The molecule has 2 fully saturated rings. The minimum absolute atomic E-state index is 0.163. The van der Waals surface area contributed by atoms with Gasteiger partial charge in [-0.15, -0.1) is 0 Å². The molecule has 3 nitrogen and oxygen atoms in total. The van der Waals surface area contributed by atoms with Gasteiger partial charge < -0.3 is 10.5 Å². The second kappa shape index (κ2) is 3.72. The molecule has 0 bridgehead atoms. The highest BCUT2D eigenvalue weighted by Gasteiger charge is 2.56. The molecule has 1 saturated heterocycles. The van der Waals surface area contributed by atoms with E-state index in [9.17, 15) is 0 Å². The first-order valence-corrected chi connectivity index (χ1v) is 6.08. The SMILES string of the molecule is CC1COCCN1C(C)(CN)C1(C)CC1.